The van der Waals surface area contributed by atoms with Crippen LogP contribution in [-0.4, -0.2) is 14.5 Å². The van der Waals surface area contributed by atoms with Crippen LogP contribution in [0.25, 0.3) is 39.5 Å². The summed E-state index contributed by atoms with van der Waals surface area (Å²) in [6.45, 7) is 0. The highest BCUT2D eigenvalue weighted by atomic mass is 16.3. The first-order chi connectivity index (χ1) is 15.3. The van der Waals surface area contributed by atoms with Crippen molar-refractivity contribution in [2.45, 2.75) is 6.42 Å². The van der Waals surface area contributed by atoms with E-state index in [1.807, 2.05) is 66.7 Å². The van der Waals surface area contributed by atoms with E-state index in [-0.39, 0.29) is 5.56 Å². The van der Waals surface area contributed by atoms with Crippen LogP contribution in [0.1, 0.15) is 11.5 Å². The van der Waals surface area contributed by atoms with Gasteiger partial charge >= 0.3 is 0 Å². The van der Waals surface area contributed by atoms with Crippen molar-refractivity contribution in [3.63, 3.8) is 0 Å². The Morgan fingerprint density at radius 3 is 2.61 bits per heavy atom. The number of rotatable bonds is 4. The van der Waals surface area contributed by atoms with Gasteiger partial charge in [-0.1, -0.05) is 48.5 Å². The van der Waals surface area contributed by atoms with Crippen LogP contribution in [0.3, 0.4) is 0 Å². The van der Waals surface area contributed by atoms with Gasteiger partial charge in [0.25, 0.3) is 5.56 Å². The number of benzene rings is 2. The molecule has 6 nitrogen and oxygen atoms in total. The molecule has 2 aromatic carbocycles. The van der Waals surface area contributed by atoms with Crippen molar-refractivity contribution in [3.05, 3.63) is 107 Å². The summed E-state index contributed by atoms with van der Waals surface area (Å²) in [5.41, 5.74) is 3.44. The van der Waals surface area contributed by atoms with Crippen molar-refractivity contribution in [2.24, 2.45) is 0 Å². The number of hydrogen-bond acceptors (Lipinski definition) is 4. The van der Waals surface area contributed by atoms with E-state index in [0.717, 1.165) is 22.2 Å². The fourth-order valence-corrected chi connectivity index (χ4v) is 3.85. The lowest BCUT2D eigenvalue weighted by molar-refractivity contribution is 0.519. The molecule has 6 heteroatoms. The number of para-hydroxylation sites is 1. The molecule has 0 saturated heterocycles. The first-order valence-electron chi connectivity index (χ1n) is 9.97. The van der Waals surface area contributed by atoms with Gasteiger partial charge in [-0.05, 0) is 29.8 Å². The molecule has 31 heavy (non-hydrogen) atoms. The van der Waals surface area contributed by atoms with Crippen LogP contribution in [0.5, 0.6) is 0 Å². The highest BCUT2D eigenvalue weighted by molar-refractivity contribution is 5.83. The normalized spacial score (nSPS) is 11.5. The number of nitrogens with zero attached hydrogens (tertiary/aromatic N) is 2. The van der Waals surface area contributed by atoms with E-state index in [0.29, 0.717) is 35.1 Å². The van der Waals surface area contributed by atoms with Crippen molar-refractivity contribution in [1.29, 1.82) is 0 Å². The number of aromatic amines is 1. The van der Waals surface area contributed by atoms with E-state index >= 15 is 0 Å². The van der Waals surface area contributed by atoms with Crippen LogP contribution in [0.2, 0.25) is 0 Å². The number of fused-ring (bicyclic) bond motifs is 2. The highest BCUT2D eigenvalue weighted by Crippen LogP contribution is 2.32. The molecule has 2 aliphatic rings. The first kappa shape index (κ1) is 17.5. The Morgan fingerprint density at radius 1 is 0.968 bits per heavy atom. The number of H-pyrrole nitrogens is 1. The largest absolute Gasteiger partial charge is 0.469 e. The van der Waals surface area contributed by atoms with Crippen molar-refractivity contribution in [2.75, 3.05) is 0 Å². The van der Waals surface area contributed by atoms with E-state index in [9.17, 15) is 4.79 Å². The molecule has 1 N–H and O–H groups in total. The van der Waals surface area contributed by atoms with Gasteiger partial charge in [-0.2, -0.15) is 0 Å². The lowest BCUT2D eigenvalue weighted by atomic mass is 10.1. The van der Waals surface area contributed by atoms with Gasteiger partial charge in [-0.15, -0.1) is 0 Å². The van der Waals surface area contributed by atoms with Crippen LogP contribution in [0.15, 0.2) is 98.9 Å². The summed E-state index contributed by atoms with van der Waals surface area (Å²) in [6.07, 6.45) is 3.71. The second-order valence-electron chi connectivity index (χ2n) is 7.37. The maximum atomic E-state index is 13.2. The fourth-order valence-electron chi connectivity index (χ4n) is 3.85. The van der Waals surface area contributed by atoms with Crippen molar-refractivity contribution in [1.82, 2.24) is 14.5 Å². The molecular weight excluding hydrogens is 390 g/mol. The Balaban J connectivity index is 1.60. The SMILES string of the molecule is O=c1c(Cc2ccco2)nc2c(-c3cc4ccccc4o3)[nH]c(-c3ccccc3)cn1-2. The minimum absolute atomic E-state index is 0.171. The standard InChI is InChI=1S/C25H17N3O3/c29-25-19(14-18-10-6-12-30-18)27-24-23(22-13-17-9-4-5-11-21(17)31-22)26-20(15-28(24)25)16-7-2-1-3-8-16/h1-13,15,26H,14H2. The van der Waals surface area contributed by atoms with Gasteiger partial charge in [0.05, 0.1) is 18.4 Å². The molecule has 0 fully saturated rings. The van der Waals surface area contributed by atoms with Crippen LogP contribution < -0.4 is 5.56 Å². The third kappa shape index (κ3) is 2.97. The van der Waals surface area contributed by atoms with Crippen LogP contribution >= 0.6 is 0 Å². The van der Waals surface area contributed by atoms with Gasteiger partial charge in [0.15, 0.2) is 11.6 Å². The molecule has 0 amide bonds. The third-order valence-corrected chi connectivity index (χ3v) is 5.35. The second kappa shape index (κ2) is 6.88. The number of imidazole rings is 1. The van der Waals surface area contributed by atoms with Gasteiger partial charge < -0.3 is 13.8 Å². The molecule has 2 aliphatic heterocycles. The summed E-state index contributed by atoms with van der Waals surface area (Å²) in [5, 5.41) is 0.985. The zero-order valence-corrected chi connectivity index (χ0v) is 16.4. The van der Waals surface area contributed by atoms with Gasteiger partial charge in [0, 0.05) is 11.6 Å². The zero-order chi connectivity index (χ0) is 20.8. The Hall–Kier alpha value is -4.32. The quantitative estimate of drug-likeness (QED) is 0.432. The Labute approximate surface area is 176 Å². The van der Waals surface area contributed by atoms with E-state index in [1.165, 1.54) is 0 Å². The molecule has 0 bridgehead atoms. The van der Waals surface area contributed by atoms with Crippen LogP contribution in [0.4, 0.5) is 0 Å². The van der Waals surface area contributed by atoms with E-state index in [2.05, 4.69) is 9.97 Å². The summed E-state index contributed by atoms with van der Waals surface area (Å²) in [6, 6.07) is 23.3. The van der Waals surface area contributed by atoms with Crippen molar-refractivity contribution >= 4 is 11.0 Å². The molecule has 2 aromatic heterocycles. The van der Waals surface area contributed by atoms with Gasteiger partial charge in [-0.3, -0.25) is 9.36 Å². The molecule has 0 radical (unpaired) electrons. The monoisotopic (exact) mass is 407 g/mol. The summed E-state index contributed by atoms with van der Waals surface area (Å²) >= 11 is 0. The summed E-state index contributed by atoms with van der Waals surface area (Å²) in [5.74, 6) is 1.84. The third-order valence-electron chi connectivity index (χ3n) is 5.35. The number of furan rings is 2. The molecule has 4 aromatic rings. The minimum Gasteiger partial charge on any atom is -0.469 e. The fraction of sp³-hybridized carbons (Fsp3) is 0.0400. The van der Waals surface area contributed by atoms with Crippen LogP contribution in [0, 0.1) is 0 Å². The summed E-state index contributed by atoms with van der Waals surface area (Å²) < 4.78 is 13.1. The van der Waals surface area contributed by atoms with Crippen molar-refractivity contribution < 1.29 is 8.83 Å². The molecule has 150 valence electrons. The summed E-state index contributed by atoms with van der Waals surface area (Å²) in [7, 11) is 0. The zero-order valence-electron chi connectivity index (χ0n) is 16.4. The molecule has 0 atom stereocenters. The van der Waals surface area contributed by atoms with E-state index in [4.69, 9.17) is 8.83 Å². The smallest absolute Gasteiger partial charge is 0.278 e. The Morgan fingerprint density at radius 2 is 1.81 bits per heavy atom. The number of aromatic nitrogens is 3. The Bertz CT molecular complexity index is 1490. The molecule has 4 heterocycles. The van der Waals surface area contributed by atoms with Crippen molar-refractivity contribution in [3.8, 4) is 28.5 Å². The Kier molecular flexibility index (Phi) is 3.89. The van der Waals surface area contributed by atoms with E-state index in [1.54, 1.807) is 23.1 Å². The topological polar surface area (TPSA) is 77.0 Å². The lowest BCUT2D eigenvalue weighted by Crippen LogP contribution is -2.16. The average Bonchev–Trinajstić information content (AvgIpc) is 3.54. The van der Waals surface area contributed by atoms with Gasteiger partial charge in [0.1, 0.15) is 22.7 Å². The molecule has 6 rings (SSSR count). The molecule has 0 unspecified atom stereocenters. The lowest BCUT2D eigenvalue weighted by Gasteiger charge is -2.11. The molecular formula is C25H17N3O3. The first-order valence-corrected chi connectivity index (χ1v) is 9.97. The summed E-state index contributed by atoms with van der Waals surface area (Å²) in [4.78, 5) is 21.3. The molecule has 0 aliphatic carbocycles. The van der Waals surface area contributed by atoms with E-state index < -0.39 is 0 Å². The van der Waals surface area contributed by atoms with Gasteiger partial charge in [0.2, 0.25) is 0 Å². The average molecular weight is 407 g/mol. The minimum atomic E-state index is -0.171. The maximum absolute atomic E-state index is 13.2. The second-order valence-corrected chi connectivity index (χ2v) is 7.37. The number of hydrogen-bond donors (Lipinski definition) is 1. The predicted octanol–water partition coefficient (Wildman–Crippen LogP) is 5.26. The predicted molar refractivity (Wildman–Crippen MR) is 118 cm³/mol. The number of nitrogens with one attached hydrogen (secondary N) is 1. The molecule has 0 spiro atoms. The van der Waals surface area contributed by atoms with Gasteiger partial charge in [-0.25, -0.2) is 4.98 Å². The maximum Gasteiger partial charge on any atom is 0.278 e. The highest BCUT2D eigenvalue weighted by Gasteiger charge is 2.23. The molecule has 0 saturated carbocycles. The van der Waals surface area contributed by atoms with Crippen LogP contribution in [-0.2, 0) is 6.42 Å².